The van der Waals surface area contributed by atoms with Crippen molar-refractivity contribution >= 4 is 5.97 Å². The highest BCUT2D eigenvalue weighted by Crippen LogP contribution is 2.28. The van der Waals surface area contributed by atoms with Gasteiger partial charge in [0.05, 0.1) is 26.2 Å². The highest BCUT2D eigenvalue weighted by atomic mass is 16.5. The van der Waals surface area contributed by atoms with Gasteiger partial charge in [0.1, 0.15) is 0 Å². The van der Waals surface area contributed by atoms with Crippen LogP contribution in [0.2, 0.25) is 0 Å². The van der Waals surface area contributed by atoms with Crippen LogP contribution < -0.4 is 0 Å². The Morgan fingerprint density at radius 1 is 1.38 bits per heavy atom. The molecule has 0 amide bonds. The lowest BCUT2D eigenvalue weighted by molar-refractivity contribution is -0.150. The first-order valence-electron chi connectivity index (χ1n) is 5.83. The van der Waals surface area contributed by atoms with Crippen molar-refractivity contribution in [2.75, 3.05) is 40.0 Å². The van der Waals surface area contributed by atoms with E-state index in [0.29, 0.717) is 0 Å². The van der Waals surface area contributed by atoms with Crippen LogP contribution in [0.4, 0.5) is 0 Å². The Kier molecular flexibility index (Phi) is 4.74. The molecule has 94 valence electrons. The minimum absolute atomic E-state index is 0.0641. The van der Waals surface area contributed by atoms with E-state index in [1.165, 1.54) is 7.11 Å². The summed E-state index contributed by atoms with van der Waals surface area (Å²) in [6.45, 7) is 10.3. The molecule has 0 radical (unpaired) electrons. The van der Waals surface area contributed by atoms with Crippen LogP contribution in [0.1, 0.15) is 20.8 Å². The summed E-state index contributed by atoms with van der Waals surface area (Å²) in [6.07, 6.45) is 0. The average molecular weight is 229 g/mol. The maximum Gasteiger partial charge on any atom is 0.310 e. The fraction of sp³-hybridized carbons (Fsp3) is 0.917. The Morgan fingerprint density at radius 2 is 1.94 bits per heavy atom. The molecule has 0 aliphatic carbocycles. The first-order valence-corrected chi connectivity index (χ1v) is 5.83. The molecular weight excluding hydrogens is 206 g/mol. The first-order chi connectivity index (χ1) is 7.45. The van der Waals surface area contributed by atoms with E-state index in [2.05, 4.69) is 25.7 Å². The molecule has 0 aromatic heterocycles. The molecule has 1 atom stereocenters. The van der Waals surface area contributed by atoms with E-state index in [1.807, 2.05) is 0 Å². The predicted molar refractivity (Wildman–Crippen MR) is 62.2 cm³/mol. The standard InChI is InChI=1S/C12H23NO3/c1-12(2,3)10(11(14)15-4)9-13-5-7-16-8-6-13/h10H,5-9H2,1-4H3. The lowest BCUT2D eigenvalue weighted by atomic mass is 9.80. The molecule has 0 bridgehead atoms. The van der Waals surface area contributed by atoms with Crippen molar-refractivity contribution in [1.82, 2.24) is 4.90 Å². The monoisotopic (exact) mass is 229 g/mol. The number of morpholine rings is 1. The van der Waals surface area contributed by atoms with E-state index in [9.17, 15) is 4.79 Å². The maximum atomic E-state index is 11.8. The van der Waals surface area contributed by atoms with Gasteiger partial charge in [0.25, 0.3) is 0 Å². The van der Waals surface area contributed by atoms with Crippen molar-refractivity contribution in [3.05, 3.63) is 0 Å². The molecule has 1 heterocycles. The van der Waals surface area contributed by atoms with Crippen molar-refractivity contribution in [3.8, 4) is 0 Å². The van der Waals surface area contributed by atoms with Crippen molar-refractivity contribution in [3.63, 3.8) is 0 Å². The summed E-state index contributed by atoms with van der Waals surface area (Å²) >= 11 is 0. The Morgan fingerprint density at radius 3 is 2.38 bits per heavy atom. The molecule has 16 heavy (non-hydrogen) atoms. The zero-order chi connectivity index (χ0) is 12.2. The van der Waals surface area contributed by atoms with Crippen LogP contribution in [0, 0.1) is 11.3 Å². The minimum atomic E-state index is -0.112. The number of methoxy groups -OCH3 is 1. The largest absolute Gasteiger partial charge is 0.469 e. The van der Waals surface area contributed by atoms with Gasteiger partial charge in [0.2, 0.25) is 0 Å². The van der Waals surface area contributed by atoms with Gasteiger partial charge in [-0.15, -0.1) is 0 Å². The molecular formula is C12H23NO3. The summed E-state index contributed by atoms with van der Waals surface area (Å²) in [7, 11) is 1.46. The van der Waals surface area contributed by atoms with Crippen LogP contribution in [0.3, 0.4) is 0 Å². The molecule has 1 unspecified atom stereocenters. The Hall–Kier alpha value is -0.610. The van der Waals surface area contributed by atoms with Crippen LogP contribution >= 0.6 is 0 Å². The fourth-order valence-corrected chi connectivity index (χ4v) is 1.89. The van der Waals surface area contributed by atoms with Gasteiger partial charge in [0.15, 0.2) is 0 Å². The Labute approximate surface area is 97.9 Å². The van der Waals surface area contributed by atoms with Crippen LogP contribution in [0.15, 0.2) is 0 Å². The number of rotatable bonds is 3. The van der Waals surface area contributed by atoms with E-state index >= 15 is 0 Å². The van der Waals surface area contributed by atoms with Crippen LogP contribution in [0.25, 0.3) is 0 Å². The molecule has 1 aliphatic heterocycles. The molecule has 1 saturated heterocycles. The smallest absolute Gasteiger partial charge is 0.310 e. The SMILES string of the molecule is COC(=O)C(CN1CCOCC1)C(C)(C)C. The molecule has 0 spiro atoms. The quantitative estimate of drug-likeness (QED) is 0.681. The number of ether oxygens (including phenoxy) is 2. The third-order valence-electron chi connectivity index (χ3n) is 3.08. The second-order valence-corrected chi connectivity index (χ2v) is 5.35. The Balaban J connectivity index is 2.59. The number of nitrogens with zero attached hydrogens (tertiary/aromatic N) is 1. The second kappa shape index (κ2) is 5.64. The molecule has 1 rings (SSSR count). The summed E-state index contributed by atoms with van der Waals surface area (Å²) in [5.74, 6) is -0.186. The summed E-state index contributed by atoms with van der Waals surface area (Å²) in [5, 5.41) is 0. The lowest BCUT2D eigenvalue weighted by Gasteiger charge is -2.35. The van der Waals surface area contributed by atoms with Gasteiger partial charge in [-0.1, -0.05) is 20.8 Å². The molecule has 4 nitrogen and oxygen atoms in total. The third kappa shape index (κ3) is 3.76. The maximum absolute atomic E-state index is 11.8. The molecule has 1 aliphatic rings. The molecule has 4 heteroatoms. The van der Waals surface area contributed by atoms with E-state index < -0.39 is 0 Å². The number of carbonyl (C=O) groups excluding carboxylic acids is 1. The Bertz CT molecular complexity index is 229. The van der Waals surface area contributed by atoms with Gasteiger partial charge < -0.3 is 9.47 Å². The minimum Gasteiger partial charge on any atom is -0.469 e. The van der Waals surface area contributed by atoms with Gasteiger partial charge in [-0.25, -0.2) is 0 Å². The van der Waals surface area contributed by atoms with E-state index in [0.717, 1.165) is 32.8 Å². The summed E-state index contributed by atoms with van der Waals surface area (Å²) in [5.41, 5.74) is -0.0641. The van der Waals surface area contributed by atoms with E-state index in [1.54, 1.807) is 0 Å². The van der Waals surface area contributed by atoms with Gasteiger partial charge in [-0.3, -0.25) is 9.69 Å². The van der Waals surface area contributed by atoms with Crippen LogP contribution in [0.5, 0.6) is 0 Å². The molecule has 0 aromatic rings. The first kappa shape index (κ1) is 13.5. The summed E-state index contributed by atoms with van der Waals surface area (Å²) in [6, 6.07) is 0. The number of esters is 1. The highest BCUT2D eigenvalue weighted by Gasteiger charge is 2.33. The fourth-order valence-electron chi connectivity index (χ4n) is 1.89. The molecule has 1 fully saturated rings. The van der Waals surface area contributed by atoms with Gasteiger partial charge in [0, 0.05) is 19.6 Å². The van der Waals surface area contributed by atoms with Crippen LogP contribution in [-0.2, 0) is 14.3 Å². The van der Waals surface area contributed by atoms with Crippen molar-refractivity contribution in [1.29, 1.82) is 0 Å². The third-order valence-corrected chi connectivity index (χ3v) is 3.08. The predicted octanol–water partition coefficient (Wildman–Crippen LogP) is 1.15. The molecule has 0 N–H and O–H groups in total. The van der Waals surface area contributed by atoms with E-state index in [-0.39, 0.29) is 17.3 Å². The zero-order valence-electron chi connectivity index (χ0n) is 10.8. The molecule has 0 aromatic carbocycles. The number of carbonyl (C=O) groups is 1. The lowest BCUT2D eigenvalue weighted by Crippen LogP contribution is -2.45. The van der Waals surface area contributed by atoms with Gasteiger partial charge in [-0.2, -0.15) is 0 Å². The summed E-state index contributed by atoms with van der Waals surface area (Å²) < 4.78 is 10.2. The second-order valence-electron chi connectivity index (χ2n) is 5.35. The topological polar surface area (TPSA) is 38.8 Å². The zero-order valence-corrected chi connectivity index (χ0v) is 10.8. The normalized spacial score (nSPS) is 20.5. The van der Waals surface area contributed by atoms with Crippen LogP contribution in [-0.4, -0.2) is 50.8 Å². The number of hydrogen-bond acceptors (Lipinski definition) is 4. The van der Waals surface area contributed by atoms with Crippen molar-refractivity contribution in [2.45, 2.75) is 20.8 Å². The van der Waals surface area contributed by atoms with Crippen molar-refractivity contribution < 1.29 is 14.3 Å². The summed E-state index contributed by atoms with van der Waals surface area (Å²) in [4.78, 5) is 14.0. The van der Waals surface area contributed by atoms with E-state index in [4.69, 9.17) is 9.47 Å². The molecule has 0 saturated carbocycles. The number of hydrogen-bond donors (Lipinski definition) is 0. The van der Waals surface area contributed by atoms with Gasteiger partial charge >= 0.3 is 5.97 Å². The van der Waals surface area contributed by atoms with Gasteiger partial charge in [-0.05, 0) is 5.41 Å². The average Bonchev–Trinajstić information content (AvgIpc) is 2.25. The van der Waals surface area contributed by atoms with Crippen molar-refractivity contribution in [2.24, 2.45) is 11.3 Å². The highest BCUT2D eigenvalue weighted by molar-refractivity contribution is 5.73.